The molecule has 2 fully saturated rings. The standard InChI is InChI=1S/C17H40O4Si4.6CH4/c1-22(2,3)19-24(7,8)21-25(9,20-23(4,5)6)13-12-15-10-11-16-17(14-15)18-16;;;;;;/h15-17H,10-14H2,1-9H3;6*1H4. The molecule has 1 aliphatic carbocycles. The van der Waals surface area contributed by atoms with Crippen LogP contribution in [0, 0.1) is 5.92 Å². The summed E-state index contributed by atoms with van der Waals surface area (Å²) >= 11 is 0. The Labute approximate surface area is 204 Å². The van der Waals surface area contributed by atoms with Gasteiger partial charge >= 0.3 is 17.1 Å². The molecule has 2 rings (SSSR count). The second-order valence-electron chi connectivity index (χ2n) is 10.5. The molecule has 1 heterocycles. The van der Waals surface area contributed by atoms with Crippen LogP contribution in [0.15, 0.2) is 0 Å². The molecule has 0 bridgehead atoms. The van der Waals surface area contributed by atoms with Gasteiger partial charge in [0.15, 0.2) is 16.6 Å². The molecule has 0 spiro atoms. The lowest BCUT2D eigenvalue weighted by Crippen LogP contribution is -2.56. The third-order valence-electron chi connectivity index (χ3n) is 4.66. The van der Waals surface area contributed by atoms with Crippen molar-refractivity contribution in [3.05, 3.63) is 0 Å². The number of ether oxygens (including phenoxy) is 1. The number of fused-ring (bicyclic) bond motifs is 1. The van der Waals surface area contributed by atoms with Gasteiger partial charge in [0.25, 0.3) is 0 Å². The summed E-state index contributed by atoms with van der Waals surface area (Å²) in [5.74, 6) is 0.784. The van der Waals surface area contributed by atoms with Gasteiger partial charge in [-0.2, -0.15) is 0 Å². The average molecular weight is 517 g/mol. The van der Waals surface area contributed by atoms with Crippen LogP contribution in [-0.4, -0.2) is 46.0 Å². The van der Waals surface area contributed by atoms with Gasteiger partial charge in [0.1, 0.15) is 0 Å². The lowest BCUT2D eigenvalue weighted by atomic mass is 9.88. The Kier molecular flexibility index (Phi) is 20.1. The molecule has 0 N–H and O–H groups in total. The fourth-order valence-corrected chi connectivity index (χ4v) is 22.3. The van der Waals surface area contributed by atoms with E-state index in [0.29, 0.717) is 12.2 Å². The van der Waals surface area contributed by atoms with Gasteiger partial charge in [-0.05, 0) is 96.6 Å². The van der Waals surface area contributed by atoms with Crippen molar-refractivity contribution in [1.29, 1.82) is 0 Å². The maximum Gasteiger partial charge on any atom is 0.315 e. The number of hydrogen-bond donors (Lipinski definition) is 0. The van der Waals surface area contributed by atoms with E-state index in [1.165, 1.54) is 25.7 Å². The Balaban J connectivity index is -0.000000376. The summed E-state index contributed by atoms with van der Waals surface area (Å²) in [6, 6.07) is 1.09. The van der Waals surface area contributed by atoms with Gasteiger partial charge in [0, 0.05) is 0 Å². The molecule has 4 nitrogen and oxygen atoms in total. The van der Waals surface area contributed by atoms with E-state index in [-0.39, 0.29) is 44.6 Å². The summed E-state index contributed by atoms with van der Waals surface area (Å²) in [5, 5.41) is 0. The predicted molar refractivity (Wildman–Crippen MR) is 155 cm³/mol. The van der Waals surface area contributed by atoms with E-state index in [1.807, 2.05) is 0 Å². The molecular formula is C23H64O4Si4. The maximum atomic E-state index is 6.78. The number of rotatable bonds is 9. The highest BCUT2D eigenvalue weighted by molar-refractivity contribution is 6.89. The molecule has 8 heteroatoms. The zero-order valence-corrected chi connectivity index (χ0v) is 21.9. The van der Waals surface area contributed by atoms with Crippen LogP contribution in [-0.2, 0) is 17.1 Å². The zero-order chi connectivity index (χ0) is 19.1. The van der Waals surface area contributed by atoms with Crippen molar-refractivity contribution in [3.8, 4) is 0 Å². The lowest BCUT2D eigenvalue weighted by molar-refractivity contribution is 0.309. The first-order valence-corrected chi connectivity index (χ1v) is 22.1. The minimum absolute atomic E-state index is 0. The maximum absolute atomic E-state index is 6.78. The molecule has 0 radical (unpaired) electrons. The molecule has 4 atom stereocenters. The summed E-state index contributed by atoms with van der Waals surface area (Å²) in [7, 11) is -7.67. The van der Waals surface area contributed by atoms with Crippen molar-refractivity contribution in [2.24, 2.45) is 5.92 Å². The minimum Gasteiger partial charge on any atom is -0.437 e. The molecule has 0 aromatic rings. The minimum atomic E-state index is -2.23. The first-order valence-electron chi connectivity index (χ1n) is 9.92. The highest BCUT2D eigenvalue weighted by atomic mass is 28.5. The zero-order valence-electron chi connectivity index (χ0n) is 17.9. The van der Waals surface area contributed by atoms with Gasteiger partial charge < -0.3 is 17.1 Å². The summed E-state index contributed by atoms with van der Waals surface area (Å²) in [4.78, 5) is 0. The largest absolute Gasteiger partial charge is 0.437 e. The highest BCUT2D eigenvalue weighted by Crippen LogP contribution is 2.42. The topological polar surface area (TPSA) is 40.2 Å². The van der Waals surface area contributed by atoms with E-state index < -0.39 is 33.8 Å². The van der Waals surface area contributed by atoms with Crippen molar-refractivity contribution in [3.63, 3.8) is 0 Å². The van der Waals surface area contributed by atoms with E-state index in [2.05, 4.69) is 58.9 Å². The van der Waals surface area contributed by atoms with Crippen molar-refractivity contribution >= 4 is 33.8 Å². The third kappa shape index (κ3) is 16.1. The van der Waals surface area contributed by atoms with Gasteiger partial charge in [-0.3, -0.25) is 0 Å². The highest BCUT2D eigenvalue weighted by Gasteiger charge is 2.47. The fraction of sp³-hybridized carbons (Fsp3) is 1.00. The van der Waals surface area contributed by atoms with Crippen LogP contribution >= 0.6 is 0 Å². The van der Waals surface area contributed by atoms with Crippen molar-refractivity contribution < 1.29 is 17.1 Å². The molecule has 1 aliphatic heterocycles. The molecule has 1 saturated carbocycles. The van der Waals surface area contributed by atoms with E-state index in [9.17, 15) is 0 Å². The molecule has 0 aromatic carbocycles. The number of epoxide rings is 1. The summed E-state index contributed by atoms with van der Waals surface area (Å²) < 4.78 is 25.6. The Bertz CT molecular complexity index is 463. The van der Waals surface area contributed by atoms with Crippen LogP contribution in [0.5, 0.6) is 0 Å². The monoisotopic (exact) mass is 516 g/mol. The molecule has 0 aromatic heterocycles. The van der Waals surface area contributed by atoms with Crippen molar-refractivity contribution in [2.45, 2.75) is 147 Å². The quantitative estimate of drug-likeness (QED) is 0.226. The van der Waals surface area contributed by atoms with Crippen LogP contribution in [0.3, 0.4) is 0 Å². The normalized spacial score (nSPS) is 24.1. The Morgan fingerprint density at radius 3 is 1.55 bits per heavy atom. The summed E-state index contributed by atoms with van der Waals surface area (Å²) in [6.07, 6.45) is 6.18. The Morgan fingerprint density at radius 2 is 1.13 bits per heavy atom. The fourth-order valence-electron chi connectivity index (χ4n) is 4.26. The van der Waals surface area contributed by atoms with E-state index >= 15 is 0 Å². The van der Waals surface area contributed by atoms with Gasteiger partial charge in [0.2, 0.25) is 0 Å². The molecule has 4 unspecified atom stereocenters. The average Bonchev–Trinajstić information content (AvgIpc) is 3.08. The van der Waals surface area contributed by atoms with Gasteiger partial charge in [-0.25, -0.2) is 0 Å². The predicted octanol–water partition coefficient (Wildman–Crippen LogP) is 9.25. The SMILES string of the molecule is C.C.C.C.C.C.C[Si](C)(C)O[Si](C)(C)O[Si](C)(CCC1CCC2OC2C1)O[Si](C)(C)C. The first kappa shape index (κ1) is 41.9. The van der Waals surface area contributed by atoms with Crippen LogP contribution < -0.4 is 0 Å². The molecule has 0 amide bonds. The van der Waals surface area contributed by atoms with Crippen LogP contribution in [0.1, 0.15) is 70.2 Å². The second-order valence-corrected chi connectivity index (χ2v) is 27.0. The smallest absolute Gasteiger partial charge is 0.315 e. The lowest BCUT2D eigenvalue weighted by Gasteiger charge is -2.41. The van der Waals surface area contributed by atoms with Gasteiger partial charge in [-0.15, -0.1) is 0 Å². The third-order valence-corrected chi connectivity index (χ3v) is 18.1. The van der Waals surface area contributed by atoms with Crippen LogP contribution in [0.2, 0.25) is 65.0 Å². The Hall–Kier alpha value is 0.708. The first-order chi connectivity index (χ1) is 11.2. The second kappa shape index (κ2) is 14.9. The van der Waals surface area contributed by atoms with Crippen LogP contribution in [0.4, 0.5) is 0 Å². The number of hydrogen-bond acceptors (Lipinski definition) is 4. The van der Waals surface area contributed by atoms with Crippen molar-refractivity contribution in [1.82, 2.24) is 0 Å². The summed E-state index contributed by atoms with van der Waals surface area (Å²) in [5.41, 5.74) is 0. The Morgan fingerprint density at radius 1 is 0.645 bits per heavy atom. The molecule has 31 heavy (non-hydrogen) atoms. The van der Waals surface area contributed by atoms with E-state index in [4.69, 9.17) is 17.1 Å². The molecule has 1 saturated heterocycles. The van der Waals surface area contributed by atoms with Crippen molar-refractivity contribution in [2.75, 3.05) is 0 Å². The van der Waals surface area contributed by atoms with Crippen LogP contribution in [0.25, 0.3) is 0 Å². The molecular weight excluding hydrogens is 453 g/mol. The summed E-state index contributed by atoms with van der Waals surface area (Å²) in [6.45, 7) is 20.3. The molecule has 196 valence electrons. The van der Waals surface area contributed by atoms with E-state index in [0.717, 1.165) is 12.0 Å². The van der Waals surface area contributed by atoms with Gasteiger partial charge in [0.05, 0.1) is 12.2 Å². The van der Waals surface area contributed by atoms with E-state index in [1.54, 1.807) is 0 Å². The van der Waals surface area contributed by atoms with Gasteiger partial charge in [-0.1, -0.05) is 44.6 Å². The molecule has 2 aliphatic rings.